The van der Waals surface area contributed by atoms with Crippen LogP contribution in [0.1, 0.15) is 222 Å². The molecule has 0 bridgehead atoms. The van der Waals surface area contributed by atoms with Crippen molar-refractivity contribution in [2.45, 2.75) is 214 Å². The molecule has 3 aromatic rings. The standard InChI is InChI=1S/C73H101NO11/c1-12-14-18-23-53-39-62(77)70(65(42-53)83-68(80)34-35-74(10)11)59-36-47(5)26-31-57(59)49(7)22-20-16-17-21-25-55-41-63(78)71(66(43-55)84-69(81)45-75)60-37-48(6)27-32-58(60)50(8)28-29-52-30-33-56(46(3)4)61(38-52)72-64(79)40-54(24-19-15-13-2)44-67(72)85-73(82)51(9)76/h22,36-44,51,56-61,75-79H,3,8,12-21,23-35,45H2,1-2,4-7,9-11H3. The first kappa shape index (κ1) is 67.9. The number of esters is 3. The summed E-state index contributed by atoms with van der Waals surface area (Å²) in [6.45, 7) is 22.8. The lowest BCUT2D eigenvalue weighted by Crippen LogP contribution is -2.24. The van der Waals surface area contributed by atoms with Crippen LogP contribution in [-0.2, 0) is 33.6 Å². The molecule has 0 saturated carbocycles. The van der Waals surface area contributed by atoms with Gasteiger partial charge in [0.2, 0.25) is 0 Å². The van der Waals surface area contributed by atoms with Crippen molar-refractivity contribution in [1.82, 2.24) is 4.90 Å². The molecule has 0 saturated heterocycles. The number of carbonyl (C=O) groups is 3. The Hall–Kier alpha value is -6.21. The van der Waals surface area contributed by atoms with E-state index in [0.717, 1.165) is 149 Å². The summed E-state index contributed by atoms with van der Waals surface area (Å²) in [6, 6.07) is 11.1. The van der Waals surface area contributed by atoms with E-state index in [-0.39, 0.29) is 76.6 Å². The zero-order valence-electron chi connectivity index (χ0n) is 52.8. The van der Waals surface area contributed by atoms with Crippen molar-refractivity contribution in [2.24, 2.45) is 17.8 Å². The number of phenolic OH excluding ortho intramolecular Hbond substituents is 3. The smallest absolute Gasteiger partial charge is 0.340 e. The number of ether oxygens (including phenoxy) is 3. The van der Waals surface area contributed by atoms with E-state index in [2.05, 4.69) is 72.1 Å². The highest BCUT2D eigenvalue weighted by molar-refractivity contribution is 5.78. The summed E-state index contributed by atoms with van der Waals surface area (Å²) in [5, 5.41) is 55.5. The Bertz CT molecular complexity index is 2940. The normalized spacial score (nSPS) is 20.3. The maximum atomic E-state index is 13.2. The monoisotopic (exact) mass is 1170 g/mol. The molecule has 0 radical (unpaired) electrons. The van der Waals surface area contributed by atoms with Gasteiger partial charge in [0.1, 0.15) is 47.2 Å². The van der Waals surface area contributed by atoms with Crippen LogP contribution < -0.4 is 14.2 Å². The van der Waals surface area contributed by atoms with Gasteiger partial charge >= 0.3 is 17.9 Å². The average Bonchev–Trinajstić information content (AvgIpc) is 1.16. The van der Waals surface area contributed by atoms with Crippen LogP contribution >= 0.6 is 0 Å². The average molecular weight is 1170 g/mol. The number of hydrogen-bond acceptors (Lipinski definition) is 12. The van der Waals surface area contributed by atoms with Crippen LogP contribution in [0.4, 0.5) is 0 Å². The predicted molar refractivity (Wildman–Crippen MR) is 341 cm³/mol. The fraction of sp³-hybridized carbons (Fsp3) is 0.548. The minimum Gasteiger partial charge on any atom is -0.507 e. The number of aromatic hydroxyl groups is 3. The summed E-state index contributed by atoms with van der Waals surface area (Å²) in [5.41, 5.74) is 11.2. The number of rotatable bonds is 31. The number of nitrogens with zero attached hydrogens (tertiary/aromatic N) is 1. The molecule has 12 heteroatoms. The Kier molecular flexibility index (Phi) is 26.4. The van der Waals surface area contributed by atoms with Crippen molar-refractivity contribution in [3.05, 3.63) is 141 Å². The molecule has 0 spiro atoms. The van der Waals surface area contributed by atoms with Crippen LogP contribution in [0.3, 0.4) is 0 Å². The fourth-order valence-corrected chi connectivity index (χ4v) is 13.0. The Morgan fingerprint density at radius 1 is 0.612 bits per heavy atom. The Labute approximate surface area is 508 Å². The van der Waals surface area contributed by atoms with Crippen molar-refractivity contribution in [3.8, 4) is 34.5 Å². The molecule has 0 aliphatic heterocycles. The molecule has 0 amide bonds. The summed E-state index contributed by atoms with van der Waals surface area (Å²) < 4.78 is 17.8. The van der Waals surface area contributed by atoms with Crippen molar-refractivity contribution in [2.75, 3.05) is 27.2 Å². The van der Waals surface area contributed by atoms with Gasteiger partial charge in [-0.25, -0.2) is 9.59 Å². The van der Waals surface area contributed by atoms with Gasteiger partial charge < -0.3 is 44.6 Å². The first-order valence-corrected chi connectivity index (χ1v) is 31.8. The van der Waals surface area contributed by atoms with Gasteiger partial charge in [-0.15, -0.1) is 0 Å². The number of aliphatic hydroxyl groups is 2. The lowest BCUT2D eigenvalue weighted by atomic mass is 9.70. The van der Waals surface area contributed by atoms with E-state index in [1.807, 2.05) is 50.2 Å². The van der Waals surface area contributed by atoms with Gasteiger partial charge in [-0.2, -0.15) is 0 Å². The number of unbranched alkanes of at least 4 members (excludes halogenated alkanes) is 7. The van der Waals surface area contributed by atoms with Crippen LogP contribution in [0.15, 0.2) is 107 Å². The van der Waals surface area contributed by atoms with Gasteiger partial charge in [0, 0.05) is 41.0 Å². The summed E-state index contributed by atoms with van der Waals surface area (Å²) in [4.78, 5) is 41.0. The molecule has 3 aromatic carbocycles. The highest BCUT2D eigenvalue weighted by Gasteiger charge is 2.36. The van der Waals surface area contributed by atoms with Crippen LogP contribution in [0.5, 0.6) is 34.5 Å². The van der Waals surface area contributed by atoms with E-state index < -0.39 is 24.6 Å². The van der Waals surface area contributed by atoms with Crippen LogP contribution in [0.2, 0.25) is 0 Å². The van der Waals surface area contributed by atoms with Gasteiger partial charge in [0.05, 0.1) is 6.42 Å². The zero-order chi connectivity index (χ0) is 61.9. The Balaban J connectivity index is 1.16. The third kappa shape index (κ3) is 19.4. The number of carbonyl (C=O) groups excluding carboxylic acids is 3. The molecule has 12 nitrogen and oxygen atoms in total. The van der Waals surface area contributed by atoms with Crippen LogP contribution in [0, 0.1) is 17.8 Å². The molecule has 3 aliphatic rings. The highest BCUT2D eigenvalue weighted by Crippen LogP contribution is 2.52. The number of hydrogen-bond donors (Lipinski definition) is 5. The van der Waals surface area contributed by atoms with Gasteiger partial charge in [-0.05, 0) is 222 Å². The van der Waals surface area contributed by atoms with Crippen molar-refractivity contribution >= 4 is 17.9 Å². The molecule has 0 fully saturated rings. The molecule has 5 N–H and O–H groups in total. The number of phenols is 3. The third-order valence-corrected chi connectivity index (χ3v) is 17.8. The maximum absolute atomic E-state index is 13.2. The topological polar surface area (TPSA) is 183 Å². The molecule has 464 valence electrons. The third-order valence-electron chi connectivity index (χ3n) is 17.8. The highest BCUT2D eigenvalue weighted by atomic mass is 16.6. The van der Waals surface area contributed by atoms with Crippen molar-refractivity contribution in [3.63, 3.8) is 0 Å². The van der Waals surface area contributed by atoms with Crippen LogP contribution in [-0.4, -0.2) is 81.7 Å². The van der Waals surface area contributed by atoms with Gasteiger partial charge in [-0.3, -0.25) is 4.79 Å². The second-order valence-corrected chi connectivity index (χ2v) is 25.2. The summed E-state index contributed by atoms with van der Waals surface area (Å²) >= 11 is 0. The molecule has 7 atom stereocenters. The fourth-order valence-electron chi connectivity index (χ4n) is 13.0. The lowest BCUT2D eigenvalue weighted by Gasteiger charge is -2.34. The molecular formula is C73H101NO11. The second kappa shape index (κ2) is 33.1. The zero-order valence-corrected chi connectivity index (χ0v) is 52.8. The van der Waals surface area contributed by atoms with Gasteiger partial charge in [0.25, 0.3) is 0 Å². The summed E-state index contributed by atoms with van der Waals surface area (Å²) in [5.74, 6) is -1.50. The first-order valence-electron chi connectivity index (χ1n) is 31.8. The van der Waals surface area contributed by atoms with E-state index in [0.29, 0.717) is 48.2 Å². The minimum absolute atomic E-state index is 0.0233. The molecular weight excluding hydrogens is 1070 g/mol. The van der Waals surface area contributed by atoms with Crippen molar-refractivity contribution in [1.29, 1.82) is 0 Å². The van der Waals surface area contributed by atoms with E-state index in [1.165, 1.54) is 23.6 Å². The molecule has 6 rings (SSSR count). The number of allylic oxidation sites excluding steroid dienone is 10. The number of aliphatic hydroxyl groups excluding tert-OH is 2. The lowest BCUT2D eigenvalue weighted by molar-refractivity contribution is -0.142. The molecule has 3 aliphatic carbocycles. The Morgan fingerprint density at radius 3 is 1.58 bits per heavy atom. The van der Waals surface area contributed by atoms with E-state index in [4.69, 9.17) is 14.2 Å². The van der Waals surface area contributed by atoms with E-state index in [9.17, 15) is 39.9 Å². The van der Waals surface area contributed by atoms with Gasteiger partial charge in [0.15, 0.2) is 0 Å². The number of benzene rings is 3. The predicted octanol–water partition coefficient (Wildman–Crippen LogP) is 16.0. The van der Waals surface area contributed by atoms with Crippen LogP contribution in [0.25, 0.3) is 0 Å². The molecule has 0 heterocycles. The van der Waals surface area contributed by atoms with E-state index in [1.54, 1.807) is 12.1 Å². The second-order valence-electron chi connectivity index (χ2n) is 25.2. The van der Waals surface area contributed by atoms with E-state index >= 15 is 0 Å². The maximum Gasteiger partial charge on any atom is 0.340 e. The molecule has 7 unspecified atom stereocenters. The summed E-state index contributed by atoms with van der Waals surface area (Å²) in [7, 11) is 3.86. The SMILES string of the molecule is C=C(C)C1CCC(CCC(=C)C2CCC(C)=CC2c2c(O)cc(CCCCCC=C(C)C3CCC(C)=CC3c3c(O)cc(CCCCC)cc3OC(=O)CCN(C)C)cc2OC(=O)CO)=CC1c1c(O)cc(CCCCC)cc1OC(=O)C(C)O. The number of aryl methyl sites for hydroxylation is 3. The largest absolute Gasteiger partial charge is 0.507 e. The molecule has 0 aromatic heterocycles. The Morgan fingerprint density at radius 2 is 1.08 bits per heavy atom. The first-order chi connectivity index (χ1) is 40.6. The molecule has 85 heavy (non-hydrogen) atoms. The van der Waals surface area contributed by atoms with Crippen molar-refractivity contribution < 1.29 is 54.1 Å². The van der Waals surface area contributed by atoms with Gasteiger partial charge in [-0.1, -0.05) is 117 Å². The minimum atomic E-state index is -1.34. The summed E-state index contributed by atoms with van der Waals surface area (Å²) in [6.07, 6.45) is 26.1. The quantitative estimate of drug-likeness (QED) is 0.0178.